The van der Waals surface area contributed by atoms with E-state index in [0.717, 1.165) is 36.9 Å². The highest BCUT2D eigenvalue weighted by Gasteiger charge is 2.28. The SMILES string of the molecule is Nc1ccccc1N(Cc1ccccc1)C(=O)C1CCCC1. The van der Waals surface area contributed by atoms with Gasteiger partial charge in [-0.05, 0) is 30.5 Å². The van der Waals surface area contributed by atoms with Gasteiger partial charge in [0.2, 0.25) is 5.91 Å². The van der Waals surface area contributed by atoms with Crippen molar-refractivity contribution < 1.29 is 4.79 Å². The van der Waals surface area contributed by atoms with Crippen molar-refractivity contribution in [2.45, 2.75) is 32.2 Å². The van der Waals surface area contributed by atoms with Crippen LogP contribution in [-0.2, 0) is 11.3 Å². The Labute approximate surface area is 131 Å². The first-order chi connectivity index (χ1) is 10.8. The van der Waals surface area contributed by atoms with E-state index in [1.165, 1.54) is 0 Å². The molecule has 0 bridgehead atoms. The van der Waals surface area contributed by atoms with Crippen LogP contribution in [0.1, 0.15) is 31.2 Å². The van der Waals surface area contributed by atoms with E-state index >= 15 is 0 Å². The fourth-order valence-electron chi connectivity index (χ4n) is 3.17. The smallest absolute Gasteiger partial charge is 0.230 e. The maximum atomic E-state index is 13.0. The molecule has 3 heteroatoms. The maximum absolute atomic E-state index is 13.0. The Balaban J connectivity index is 1.91. The van der Waals surface area contributed by atoms with Crippen LogP contribution in [0, 0.1) is 5.92 Å². The molecule has 0 saturated heterocycles. The summed E-state index contributed by atoms with van der Waals surface area (Å²) in [6, 6.07) is 17.7. The molecule has 1 saturated carbocycles. The molecule has 2 aromatic carbocycles. The van der Waals surface area contributed by atoms with E-state index in [2.05, 4.69) is 0 Å². The Morgan fingerprint density at radius 1 is 1.00 bits per heavy atom. The minimum atomic E-state index is 0.142. The first-order valence-electron chi connectivity index (χ1n) is 7.95. The fourth-order valence-corrected chi connectivity index (χ4v) is 3.17. The lowest BCUT2D eigenvalue weighted by atomic mass is 10.0. The molecule has 0 unspecified atom stereocenters. The standard InChI is InChI=1S/C19H22N2O/c20-17-12-6-7-13-18(17)21(14-15-8-2-1-3-9-15)19(22)16-10-4-5-11-16/h1-3,6-9,12-13,16H,4-5,10-11,14,20H2. The molecule has 114 valence electrons. The summed E-state index contributed by atoms with van der Waals surface area (Å²) in [5, 5.41) is 0. The zero-order chi connectivity index (χ0) is 15.4. The highest BCUT2D eigenvalue weighted by molar-refractivity contribution is 5.97. The zero-order valence-electron chi connectivity index (χ0n) is 12.7. The summed E-state index contributed by atoms with van der Waals surface area (Å²) in [4.78, 5) is 14.8. The normalized spacial score (nSPS) is 14.9. The molecule has 0 aromatic heterocycles. The van der Waals surface area contributed by atoms with Crippen molar-refractivity contribution >= 4 is 17.3 Å². The lowest BCUT2D eigenvalue weighted by molar-refractivity contribution is -0.122. The third-order valence-electron chi connectivity index (χ3n) is 4.38. The number of nitrogens with zero attached hydrogens (tertiary/aromatic N) is 1. The summed E-state index contributed by atoms with van der Waals surface area (Å²) in [6.45, 7) is 0.574. The van der Waals surface area contributed by atoms with Crippen molar-refractivity contribution in [2.75, 3.05) is 10.6 Å². The van der Waals surface area contributed by atoms with Gasteiger partial charge in [-0.2, -0.15) is 0 Å². The quantitative estimate of drug-likeness (QED) is 0.867. The molecule has 3 rings (SSSR count). The van der Waals surface area contributed by atoms with Gasteiger partial charge < -0.3 is 10.6 Å². The monoisotopic (exact) mass is 294 g/mol. The van der Waals surface area contributed by atoms with Crippen LogP contribution in [0.4, 0.5) is 11.4 Å². The molecular weight excluding hydrogens is 272 g/mol. The fraction of sp³-hybridized carbons (Fsp3) is 0.316. The molecule has 2 N–H and O–H groups in total. The lowest BCUT2D eigenvalue weighted by Crippen LogP contribution is -2.35. The van der Waals surface area contributed by atoms with Crippen molar-refractivity contribution in [2.24, 2.45) is 5.92 Å². The van der Waals surface area contributed by atoms with Gasteiger partial charge in [0.1, 0.15) is 0 Å². The van der Waals surface area contributed by atoms with Crippen LogP contribution in [0.2, 0.25) is 0 Å². The first-order valence-corrected chi connectivity index (χ1v) is 7.95. The molecule has 0 atom stereocenters. The first kappa shape index (κ1) is 14.6. The number of carbonyl (C=O) groups is 1. The Hall–Kier alpha value is -2.29. The van der Waals surface area contributed by atoms with Crippen molar-refractivity contribution in [3.63, 3.8) is 0 Å². The summed E-state index contributed by atoms with van der Waals surface area (Å²) in [6.07, 6.45) is 4.30. The minimum absolute atomic E-state index is 0.142. The second-order valence-electron chi connectivity index (χ2n) is 5.95. The largest absolute Gasteiger partial charge is 0.397 e. The second kappa shape index (κ2) is 6.65. The molecule has 0 aliphatic heterocycles. The third-order valence-corrected chi connectivity index (χ3v) is 4.38. The van der Waals surface area contributed by atoms with E-state index in [1.54, 1.807) is 0 Å². The number of carbonyl (C=O) groups excluding carboxylic acids is 1. The highest BCUT2D eigenvalue weighted by Crippen LogP contribution is 2.31. The van der Waals surface area contributed by atoms with E-state index in [9.17, 15) is 4.79 Å². The van der Waals surface area contributed by atoms with Crippen LogP contribution in [0.5, 0.6) is 0 Å². The summed E-state index contributed by atoms with van der Waals surface area (Å²) < 4.78 is 0. The summed E-state index contributed by atoms with van der Waals surface area (Å²) in [5.74, 6) is 0.350. The van der Waals surface area contributed by atoms with Crippen molar-refractivity contribution in [1.82, 2.24) is 0 Å². The molecular formula is C19H22N2O. The van der Waals surface area contributed by atoms with Crippen LogP contribution in [0.15, 0.2) is 54.6 Å². The number of hydrogen-bond donors (Lipinski definition) is 1. The topological polar surface area (TPSA) is 46.3 Å². The van der Waals surface area contributed by atoms with Gasteiger partial charge >= 0.3 is 0 Å². The van der Waals surface area contributed by atoms with Crippen molar-refractivity contribution in [3.05, 3.63) is 60.2 Å². The predicted octanol–water partition coefficient (Wildman–Crippen LogP) is 3.99. The predicted molar refractivity (Wildman–Crippen MR) is 90.4 cm³/mol. The van der Waals surface area contributed by atoms with Gasteiger partial charge in [-0.15, -0.1) is 0 Å². The number of hydrogen-bond acceptors (Lipinski definition) is 2. The Kier molecular flexibility index (Phi) is 4.42. The summed E-state index contributed by atoms with van der Waals surface area (Å²) >= 11 is 0. The number of amides is 1. The Morgan fingerprint density at radius 2 is 1.64 bits per heavy atom. The molecule has 1 fully saturated rings. The maximum Gasteiger partial charge on any atom is 0.230 e. The average Bonchev–Trinajstić information content (AvgIpc) is 3.08. The van der Waals surface area contributed by atoms with E-state index in [0.29, 0.717) is 12.2 Å². The Morgan fingerprint density at radius 3 is 2.32 bits per heavy atom. The minimum Gasteiger partial charge on any atom is -0.397 e. The third kappa shape index (κ3) is 3.14. The number of anilines is 2. The molecule has 1 amide bonds. The van der Waals surface area contributed by atoms with Crippen LogP contribution >= 0.6 is 0 Å². The van der Waals surface area contributed by atoms with E-state index < -0.39 is 0 Å². The van der Waals surface area contributed by atoms with Crippen molar-refractivity contribution in [1.29, 1.82) is 0 Å². The van der Waals surface area contributed by atoms with Crippen LogP contribution in [0.3, 0.4) is 0 Å². The van der Waals surface area contributed by atoms with Gasteiger partial charge in [0.05, 0.1) is 17.9 Å². The average molecular weight is 294 g/mol. The van der Waals surface area contributed by atoms with Gasteiger partial charge in [0, 0.05) is 5.92 Å². The Bertz CT molecular complexity index is 633. The molecule has 1 aliphatic rings. The van der Waals surface area contributed by atoms with E-state index in [4.69, 9.17) is 5.73 Å². The molecule has 0 spiro atoms. The summed E-state index contributed by atoms with van der Waals surface area (Å²) in [5.41, 5.74) is 8.72. The van der Waals surface area contributed by atoms with Gasteiger partial charge in [-0.3, -0.25) is 4.79 Å². The molecule has 0 radical (unpaired) electrons. The summed E-state index contributed by atoms with van der Waals surface area (Å²) in [7, 11) is 0. The molecule has 3 nitrogen and oxygen atoms in total. The number of nitrogen functional groups attached to an aromatic ring is 1. The number of benzene rings is 2. The van der Waals surface area contributed by atoms with Crippen LogP contribution in [-0.4, -0.2) is 5.91 Å². The second-order valence-corrected chi connectivity index (χ2v) is 5.95. The molecule has 1 aliphatic carbocycles. The number of para-hydroxylation sites is 2. The van der Waals surface area contributed by atoms with Gasteiger partial charge in [0.15, 0.2) is 0 Å². The number of nitrogens with two attached hydrogens (primary N) is 1. The van der Waals surface area contributed by atoms with E-state index in [1.807, 2.05) is 59.5 Å². The van der Waals surface area contributed by atoms with Crippen molar-refractivity contribution in [3.8, 4) is 0 Å². The van der Waals surface area contributed by atoms with Gasteiger partial charge in [0.25, 0.3) is 0 Å². The highest BCUT2D eigenvalue weighted by atomic mass is 16.2. The number of rotatable bonds is 4. The van der Waals surface area contributed by atoms with E-state index in [-0.39, 0.29) is 11.8 Å². The van der Waals surface area contributed by atoms with Gasteiger partial charge in [-0.1, -0.05) is 55.3 Å². The zero-order valence-corrected chi connectivity index (χ0v) is 12.7. The molecule has 22 heavy (non-hydrogen) atoms. The van der Waals surface area contributed by atoms with Gasteiger partial charge in [-0.25, -0.2) is 0 Å². The molecule has 0 heterocycles. The molecule has 2 aromatic rings. The van der Waals surface area contributed by atoms with Crippen LogP contribution < -0.4 is 10.6 Å². The lowest BCUT2D eigenvalue weighted by Gasteiger charge is -2.27. The van der Waals surface area contributed by atoms with Crippen LogP contribution in [0.25, 0.3) is 0 Å².